The molecule has 1 aliphatic rings. The normalized spacial score (nSPS) is 17.5. The summed E-state index contributed by atoms with van der Waals surface area (Å²) >= 11 is 0. The van der Waals surface area contributed by atoms with Crippen LogP contribution in [0.25, 0.3) is 11.5 Å². The minimum Gasteiger partial charge on any atom is -0.483 e. The Kier molecular flexibility index (Phi) is 5.10. The summed E-state index contributed by atoms with van der Waals surface area (Å²) in [6, 6.07) is 7.32. The third-order valence-corrected chi connectivity index (χ3v) is 3.92. The highest BCUT2D eigenvalue weighted by atomic mass is 16.5. The zero-order chi connectivity index (χ0) is 16.9. The second-order valence-corrected chi connectivity index (χ2v) is 5.93. The standard InChI is InChI=1S/C17H21N3O4/c1-20(2)15(21)11-23-14-8-4-3-7-13(14)17-19-18-16(24-17)12-6-5-9-22-10-12/h3-4,7-8,12H,5-6,9-11H2,1-2H3. The zero-order valence-electron chi connectivity index (χ0n) is 13.9. The smallest absolute Gasteiger partial charge is 0.259 e. The number of para-hydroxylation sites is 1. The highest BCUT2D eigenvalue weighted by Gasteiger charge is 2.23. The first-order chi connectivity index (χ1) is 11.6. The van der Waals surface area contributed by atoms with E-state index in [1.54, 1.807) is 20.2 Å². The number of carbonyl (C=O) groups excluding carboxylic acids is 1. The van der Waals surface area contributed by atoms with Crippen LogP contribution < -0.4 is 4.74 Å². The van der Waals surface area contributed by atoms with Gasteiger partial charge in [-0.1, -0.05) is 12.1 Å². The molecule has 2 aromatic rings. The third kappa shape index (κ3) is 3.73. The van der Waals surface area contributed by atoms with E-state index in [4.69, 9.17) is 13.9 Å². The van der Waals surface area contributed by atoms with Gasteiger partial charge in [-0.05, 0) is 25.0 Å². The Balaban J connectivity index is 1.77. The van der Waals surface area contributed by atoms with Gasteiger partial charge in [-0.15, -0.1) is 10.2 Å². The summed E-state index contributed by atoms with van der Waals surface area (Å²) in [6.45, 7) is 1.35. The Morgan fingerprint density at radius 2 is 2.17 bits per heavy atom. The van der Waals surface area contributed by atoms with Crippen molar-refractivity contribution in [1.29, 1.82) is 0 Å². The average Bonchev–Trinajstić information content (AvgIpc) is 3.10. The van der Waals surface area contributed by atoms with Crippen molar-refractivity contribution >= 4 is 5.91 Å². The molecule has 0 bridgehead atoms. The minimum atomic E-state index is -0.115. The lowest BCUT2D eigenvalue weighted by Gasteiger charge is -2.18. The van der Waals surface area contributed by atoms with Crippen LogP contribution in [-0.2, 0) is 9.53 Å². The van der Waals surface area contributed by atoms with Gasteiger partial charge in [0.15, 0.2) is 6.61 Å². The first kappa shape index (κ1) is 16.4. The molecule has 0 radical (unpaired) electrons. The quantitative estimate of drug-likeness (QED) is 0.835. The topological polar surface area (TPSA) is 77.7 Å². The molecule has 1 saturated heterocycles. The van der Waals surface area contributed by atoms with Crippen LogP contribution in [0.1, 0.15) is 24.7 Å². The predicted octanol–water partition coefficient (Wildman–Crippen LogP) is 2.10. The van der Waals surface area contributed by atoms with Gasteiger partial charge in [-0.2, -0.15) is 0 Å². The van der Waals surface area contributed by atoms with Crippen molar-refractivity contribution in [3.8, 4) is 17.2 Å². The highest BCUT2D eigenvalue weighted by Crippen LogP contribution is 2.31. The maximum atomic E-state index is 11.7. The lowest BCUT2D eigenvalue weighted by Crippen LogP contribution is -2.27. The van der Waals surface area contributed by atoms with Crippen molar-refractivity contribution in [2.75, 3.05) is 33.9 Å². The molecule has 1 fully saturated rings. The van der Waals surface area contributed by atoms with Gasteiger partial charge < -0.3 is 18.8 Å². The van der Waals surface area contributed by atoms with Crippen LogP contribution in [0.3, 0.4) is 0 Å². The maximum Gasteiger partial charge on any atom is 0.259 e. The van der Waals surface area contributed by atoms with Crippen molar-refractivity contribution in [2.24, 2.45) is 0 Å². The Labute approximate surface area is 140 Å². The Hall–Kier alpha value is -2.41. The summed E-state index contributed by atoms with van der Waals surface area (Å²) in [4.78, 5) is 13.2. The number of nitrogens with zero attached hydrogens (tertiary/aromatic N) is 3. The molecule has 3 rings (SSSR count). The molecule has 128 valence electrons. The molecule has 1 aromatic carbocycles. The van der Waals surface area contributed by atoms with E-state index in [-0.39, 0.29) is 18.4 Å². The summed E-state index contributed by atoms with van der Waals surface area (Å²) in [6.07, 6.45) is 1.98. The van der Waals surface area contributed by atoms with E-state index in [9.17, 15) is 4.79 Å². The van der Waals surface area contributed by atoms with Gasteiger partial charge in [0, 0.05) is 20.7 Å². The Morgan fingerprint density at radius 3 is 2.92 bits per heavy atom. The molecule has 2 heterocycles. The number of aromatic nitrogens is 2. The van der Waals surface area contributed by atoms with Gasteiger partial charge in [0.25, 0.3) is 11.8 Å². The summed E-state index contributed by atoms with van der Waals surface area (Å²) in [7, 11) is 3.38. The van der Waals surface area contributed by atoms with Crippen LogP contribution in [0.15, 0.2) is 28.7 Å². The first-order valence-corrected chi connectivity index (χ1v) is 7.98. The van der Waals surface area contributed by atoms with Gasteiger partial charge in [0.1, 0.15) is 5.75 Å². The number of carbonyl (C=O) groups is 1. The SMILES string of the molecule is CN(C)C(=O)COc1ccccc1-c1nnc(C2CCCOC2)o1. The van der Waals surface area contributed by atoms with Crippen LogP contribution in [0.4, 0.5) is 0 Å². The van der Waals surface area contributed by atoms with E-state index in [0.717, 1.165) is 19.4 Å². The molecule has 0 aliphatic carbocycles. The fourth-order valence-electron chi connectivity index (χ4n) is 2.48. The molecule has 1 atom stereocenters. The molecule has 1 unspecified atom stereocenters. The van der Waals surface area contributed by atoms with Crippen LogP contribution in [-0.4, -0.2) is 54.9 Å². The second-order valence-electron chi connectivity index (χ2n) is 5.93. The molecular formula is C17H21N3O4. The lowest BCUT2D eigenvalue weighted by atomic mass is 10.0. The van der Waals surface area contributed by atoms with E-state index in [1.165, 1.54) is 4.90 Å². The van der Waals surface area contributed by atoms with E-state index in [0.29, 0.717) is 29.7 Å². The van der Waals surface area contributed by atoms with E-state index < -0.39 is 0 Å². The first-order valence-electron chi connectivity index (χ1n) is 7.98. The summed E-state index contributed by atoms with van der Waals surface area (Å²) in [5.41, 5.74) is 0.680. The molecule has 1 aromatic heterocycles. The maximum absolute atomic E-state index is 11.7. The number of ether oxygens (including phenoxy) is 2. The Bertz CT molecular complexity index is 693. The van der Waals surface area contributed by atoms with Crippen molar-refractivity contribution in [3.05, 3.63) is 30.2 Å². The summed E-state index contributed by atoms with van der Waals surface area (Å²) in [5.74, 6) is 1.55. The lowest BCUT2D eigenvalue weighted by molar-refractivity contribution is -0.130. The number of likely N-dealkylation sites (N-methyl/N-ethyl adjacent to an activating group) is 1. The number of amides is 1. The largest absolute Gasteiger partial charge is 0.483 e. The summed E-state index contributed by atoms with van der Waals surface area (Å²) in [5, 5.41) is 8.29. The van der Waals surface area contributed by atoms with Gasteiger partial charge in [0.2, 0.25) is 5.89 Å². The molecule has 7 heteroatoms. The van der Waals surface area contributed by atoms with Gasteiger partial charge >= 0.3 is 0 Å². The number of hydrogen-bond acceptors (Lipinski definition) is 6. The van der Waals surface area contributed by atoms with Gasteiger partial charge in [-0.25, -0.2) is 0 Å². The summed E-state index contributed by atoms with van der Waals surface area (Å²) < 4.78 is 16.9. The van der Waals surface area contributed by atoms with Gasteiger partial charge in [0.05, 0.1) is 18.1 Å². The molecule has 24 heavy (non-hydrogen) atoms. The molecule has 0 spiro atoms. The minimum absolute atomic E-state index is 0.0402. The molecule has 0 N–H and O–H groups in total. The number of rotatable bonds is 5. The molecule has 1 amide bonds. The Morgan fingerprint density at radius 1 is 1.33 bits per heavy atom. The van der Waals surface area contributed by atoms with Crippen LogP contribution >= 0.6 is 0 Å². The monoisotopic (exact) mass is 331 g/mol. The second kappa shape index (κ2) is 7.44. The number of benzene rings is 1. The van der Waals surface area contributed by atoms with Gasteiger partial charge in [-0.3, -0.25) is 4.79 Å². The van der Waals surface area contributed by atoms with Crippen LogP contribution in [0.2, 0.25) is 0 Å². The highest BCUT2D eigenvalue weighted by molar-refractivity contribution is 5.77. The number of hydrogen-bond donors (Lipinski definition) is 0. The molecule has 7 nitrogen and oxygen atoms in total. The van der Waals surface area contributed by atoms with E-state index >= 15 is 0 Å². The van der Waals surface area contributed by atoms with Crippen molar-refractivity contribution in [3.63, 3.8) is 0 Å². The zero-order valence-corrected chi connectivity index (χ0v) is 13.9. The van der Waals surface area contributed by atoms with E-state index in [1.807, 2.05) is 18.2 Å². The molecular weight excluding hydrogens is 310 g/mol. The molecule has 0 saturated carbocycles. The van der Waals surface area contributed by atoms with Crippen molar-refractivity contribution < 1.29 is 18.7 Å². The fourth-order valence-corrected chi connectivity index (χ4v) is 2.48. The average molecular weight is 331 g/mol. The van der Waals surface area contributed by atoms with E-state index in [2.05, 4.69) is 10.2 Å². The third-order valence-electron chi connectivity index (χ3n) is 3.92. The molecule has 1 aliphatic heterocycles. The van der Waals surface area contributed by atoms with Crippen LogP contribution in [0.5, 0.6) is 5.75 Å². The fraction of sp³-hybridized carbons (Fsp3) is 0.471. The van der Waals surface area contributed by atoms with Crippen molar-refractivity contribution in [2.45, 2.75) is 18.8 Å². The van der Waals surface area contributed by atoms with Crippen LogP contribution in [0, 0.1) is 0 Å². The predicted molar refractivity (Wildman–Crippen MR) is 86.7 cm³/mol. The van der Waals surface area contributed by atoms with Crippen molar-refractivity contribution in [1.82, 2.24) is 15.1 Å².